The molecule has 5 nitrogen and oxygen atoms in total. The maximum atomic E-state index is 12.0. The first-order valence-electron chi connectivity index (χ1n) is 5.78. The van der Waals surface area contributed by atoms with Crippen molar-refractivity contribution in [3.05, 3.63) is 12.2 Å². The quantitative estimate of drug-likeness (QED) is 0.573. The number of hydrogen-bond acceptors (Lipinski definition) is 3. The van der Waals surface area contributed by atoms with Gasteiger partial charge in [0.1, 0.15) is 5.41 Å². The van der Waals surface area contributed by atoms with E-state index in [0.717, 1.165) is 0 Å². The highest BCUT2D eigenvalue weighted by molar-refractivity contribution is 6.19. The Bertz CT molecular complexity index is 354. The lowest BCUT2D eigenvalue weighted by molar-refractivity contribution is -0.147. The van der Waals surface area contributed by atoms with Gasteiger partial charge in [0.05, 0.1) is 0 Å². The molecular weight excluding hydrogens is 220 g/mol. The van der Waals surface area contributed by atoms with E-state index in [-0.39, 0.29) is 5.92 Å². The van der Waals surface area contributed by atoms with Crippen molar-refractivity contribution >= 4 is 17.8 Å². The molecule has 2 N–H and O–H groups in total. The van der Waals surface area contributed by atoms with Crippen molar-refractivity contribution < 1.29 is 14.4 Å². The summed E-state index contributed by atoms with van der Waals surface area (Å²) in [5.41, 5.74) is -1.17. The van der Waals surface area contributed by atoms with Crippen molar-refractivity contribution in [1.29, 1.82) is 0 Å². The molecule has 1 heterocycles. The summed E-state index contributed by atoms with van der Waals surface area (Å²) in [5, 5.41) is 4.36. The first-order valence-corrected chi connectivity index (χ1v) is 5.78. The molecule has 1 atom stereocenters. The van der Waals surface area contributed by atoms with Gasteiger partial charge in [0.25, 0.3) is 0 Å². The van der Waals surface area contributed by atoms with Crippen LogP contribution in [0.1, 0.15) is 33.6 Å². The lowest BCUT2D eigenvalue weighted by Gasteiger charge is -2.37. The van der Waals surface area contributed by atoms with Crippen LogP contribution < -0.4 is 10.6 Å². The topological polar surface area (TPSA) is 75.3 Å². The SMILES string of the molecule is C/C=C\[C@@H](C)C1(CCC)C(=O)NC(=O)NC1=O. The third-order valence-electron chi connectivity index (χ3n) is 3.17. The van der Waals surface area contributed by atoms with Gasteiger partial charge in [0, 0.05) is 0 Å². The van der Waals surface area contributed by atoms with Crippen molar-refractivity contribution in [2.75, 3.05) is 0 Å². The van der Waals surface area contributed by atoms with Crippen LogP contribution in [0.5, 0.6) is 0 Å². The fourth-order valence-electron chi connectivity index (χ4n) is 2.28. The van der Waals surface area contributed by atoms with Gasteiger partial charge in [-0.05, 0) is 19.3 Å². The maximum Gasteiger partial charge on any atom is 0.328 e. The van der Waals surface area contributed by atoms with Crippen LogP contribution in [0, 0.1) is 11.3 Å². The van der Waals surface area contributed by atoms with Gasteiger partial charge in [-0.15, -0.1) is 0 Å². The summed E-state index contributed by atoms with van der Waals surface area (Å²) in [6.07, 6.45) is 4.73. The van der Waals surface area contributed by atoms with Crippen LogP contribution in [0.2, 0.25) is 0 Å². The number of hydrogen-bond donors (Lipinski definition) is 2. The van der Waals surface area contributed by atoms with E-state index < -0.39 is 23.3 Å². The minimum absolute atomic E-state index is 0.249. The molecule has 1 aliphatic heterocycles. The van der Waals surface area contributed by atoms with Crippen molar-refractivity contribution in [3.8, 4) is 0 Å². The third kappa shape index (κ3) is 2.23. The molecule has 1 saturated heterocycles. The van der Waals surface area contributed by atoms with Crippen LogP contribution in [0.25, 0.3) is 0 Å². The normalized spacial score (nSPS) is 21.2. The van der Waals surface area contributed by atoms with Gasteiger partial charge in [-0.1, -0.05) is 32.4 Å². The van der Waals surface area contributed by atoms with Gasteiger partial charge in [-0.25, -0.2) is 4.79 Å². The number of allylic oxidation sites excluding steroid dienone is 2. The molecule has 0 aromatic carbocycles. The Morgan fingerprint density at radius 1 is 1.24 bits per heavy atom. The second-order valence-corrected chi connectivity index (χ2v) is 4.27. The molecule has 0 aromatic heterocycles. The molecule has 94 valence electrons. The summed E-state index contributed by atoms with van der Waals surface area (Å²) < 4.78 is 0. The second-order valence-electron chi connectivity index (χ2n) is 4.27. The largest absolute Gasteiger partial charge is 0.328 e. The zero-order chi connectivity index (χ0) is 13.1. The zero-order valence-electron chi connectivity index (χ0n) is 10.4. The van der Waals surface area contributed by atoms with Gasteiger partial charge < -0.3 is 0 Å². The van der Waals surface area contributed by atoms with Crippen LogP contribution >= 0.6 is 0 Å². The number of rotatable bonds is 4. The van der Waals surface area contributed by atoms with Crippen molar-refractivity contribution in [2.24, 2.45) is 11.3 Å². The molecule has 0 spiro atoms. The van der Waals surface area contributed by atoms with E-state index in [1.54, 1.807) is 6.08 Å². The van der Waals surface area contributed by atoms with Gasteiger partial charge in [-0.3, -0.25) is 20.2 Å². The van der Waals surface area contributed by atoms with Gasteiger partial charge in [-0.2, -0.15) is 0 Å². The molecule has 1 fully saturated rings. The number of carbonyl (C=O) groups is 3. The second kappa shape index (κ2) is 5.12. The molecule has 0 saturated carbocycles. The van der Waals surface area contributed by atoms with E-state index in [1.807, 2.05) is 26.8 Å². The Morgan fingerprint density at radius 2 is 1.76 bits per heavy atom. The van der Waals surface area contributed by atoms with E-state index in [0.29, 0.717) is 12.8 Å². The lowest BCUT2D eigenvalue weighted by atomic mass is 9.70. The number of imide groups is 2. The van der Waals surface area contributed by atoms with E-state index >= 15 is 0 Å². The number of urea groups is 1. The Labute approximate surface area is 101 Å². The Hall–Kier alpha value is -1.65. The molecule has 0 aromatic rings. The van der Waals surface area contributed by atoms with Crippen LogP contribution in [-0.4, -0.2) is 17.8 Å². The predicted molar refractivity (Wildman–Crippen MR) is 63.0 cm³/mol. The summed E-state index contributed by atoms with van der Waals surface area (Å²) in [4.78, 5) is 35.1. The highest BCUT2D eigenvalue weighted by Gasteiger charge is 2.52. The average Bonchev–Trinajstić information content (AvgIpc) is 2.23. The maximum absolute atomic E-state index is 12.0. The third-order valence-corrected chi connectivity index (χ3v) is 3.17. The molecular formula is C12H18N2O3. The molecule has 5 heteroatoms. The first kappa shape index (κ1) is 13.4. The van der Waals surface area contributed by atoms with Crippen LogP contribution in [0.3, 0.4) is 0 Å². The van der Waals surface area contributed by atoms with E-state index in [1.165, 1.54) is 0 Å². The molecule has 4 amide bonds. The summed E-state index contributed by atoms with van der Waals surface area (Å²) in [7, 11) is 0. The fraction of sp³-hybridized carbons (Fsp3) is 0.583. The number of barbiturate groups is 1. The highest BCUT2D eigenvalue weighted by Crippen LogP contribution is 2.36. The molecule has 0 bridgehead atoms. The molecule has 0 radical (unpaired) electrons. The van der Waals surface area contributed by atoms with E-state index in [2.05, 4.69) is 10.6 Å². The van der Waals surface area contributed by atoms with E-state index in [4.69, 9.17) is 0 Å². The molecule has 0 aliphatic carbocycles. The standard InChI is InChI=1S/C12H18N2O3/c1-4-6-8(3)12(7-5-2)9(15)13-11(17)14-10(12)16/h4,6,8H,5,7H2,1-3H3,(H2,13,14,15,16,17)/b6-4-/t8-/m1/s1. The van der Waals surface area contributed by atoms with Gasteiger partial charge >= 0.3 is 6.03 Å². The van der Waals surface area contributed by atoms with Crippen LogP contribution in [0.15, 0.2) is 12.2 Å². The average molecular weight is 238 g/mol. The van der Waals surface area contributed by atoms with Crippen molar-refractivity contribution in [1.82, 2.24) is 10.6 Å². The summed E-state index contributed by atoms with van der Waals surface area (Å²) in [6.45, 7) is 5.55. The molecule has 1 rings (SSSR count). The number of carbonyl (C=O) groups excluding carboxylic acids is 3. The van der Waals surface area contributed by atoms with Crippen LogP contribution in [-0.2, 0) is 9.59 Å². The Morgan fingerprint density at radius 3 is 2.18 bits per heavy atom. The molecule has 1 aliphatic rings. The Kier molecular flexibility index (Phi) is 4.04. The smallest absolute Gasteiger partial charge is 0.277 e. The summed E-state index contributed by atoms with van der Waals surface area (Å²) in [5.74, 6) is -1.25. The minimum Gasteiger partial charge on any atom is -0.277 e. The van der Waals surface area contributed by atoms with Crippen LogP contribution in [0.4, 0.5) is 4.79 Å². The highest BCUT2D eigenvalue weighted by atomic mass is 16.2. The Balaban J connectivity index is 3.16. The summed E-state index contributed by atoms with van der Waals surface area (Å²) >= 11 is 0. The van der Waals surface area contributed by atoms with Gasteiger partial charge in [0.2, 0.25) is 11.8 Å². The number of amides is 4. The monoisotopic (exact) mass is 238 g/mol. The first-order chi connectivity index (χ1) is 7.98. The minimum atomic E-state index is -1.17. The molecule has 0 unspecified atom stereocenters. The lowest BCUT2D eigenvalue weighted by Crippen LogP contribution is -2.64. The zero-order valence-corrected chi connectivity index (χ0v) is 10.4. The summed E-state index contributed by atoms with van der Waals surface area (Å²) in [6, 6.07) is -0.737. The van der Waals surface area contributed by atoms with Gasteiger partial charge in [0.15, 0.2) is 0 Å². The number of nitrogens with one attached hydrogen (secondary N) is 2. The van der Waals surface area contributed by atoms with Crippen molar-refractivity contribution in [3.63, 3.8) is 0 Å². The fourth-order valence-corrected chi connectivity index (χ4v) is 2.28. The van der Waals surface area contributed by atoms with E-state index in [9.17, 15) is 14.4 Å². The predicted octanol–water partition coefficient (Wildman–Crippen LogP) is 1.35. The van der Waals surface area contributed by atoms with Crippen molar-refractivity contribution in [2.45, 2.75) is 33.6 Å². The molecule has 17 heavy (non-hydrogen) atoms.